The highest BCUT2D eigenvalue weighted by Crippen LogP contribution is 2.52. The van der Waals surface area contributed by atoms with E-state index in [0.29, 0.717) is 11.8 Å². The monoisotopic (exact) mass is 374 g/mol. The van der Waals surface area contributed by atoms with Crippen LogP contribution in [-0.2, 0) is 10.8 Å². The first kappa shape index (κ1) is 20.9. The van der Waals surface area contributed by atoms with Gasteiger partial charge in [-0.25, -0.2) is 0 Å². The third-order valence-corrected chi connectivity index (χ3v) is 8.82. The molecule has 2 aliphatic rings. The molecule has 4 atom stereocenters. The van der Waals surface area contributed by atoms with Crippen LogP contribution in [0.4, 0.5) is 0 Å². The number of allylic oxidation sites excluding steroid dienone is 8. The summed E-state index contributed by atoms with van der Waals surface area (Å²) >= 11 is 0. The minimum Gasteiger partial charge on any atom is -0.0808 e. The normalized spacial score (nSPS) is 32.7. The molecule has 0 spiro atoms. The lowest BCUT2D eigenvalue weighted by atomic mass is 9.55. The Balaban J connectivity index is 1.95. The minimum absolute atomic E-state index is 0.0566. The van der Waals surface area contributed by atoms with Crippen molar-refractivity contribution in [3.05, 3.63) is 84.0 Å². The average molecular weight is 375 g/mol. The molecular formula is C28H38. The Hall–Kier alpha value is -1.82. The molecule has 0 N–H and O–H groups in total. The number of rotatable bonds is 4. The van der Waals surface area contributed by atoms with E-state index < -0.39 is 0 Å². The molecule has 150 valence electrons. The summed E-state index contributed by atoms with van der Waals surface area (Å²) in [6.07, 6.45) is 18.3. The van der Waals surface area contributed by atoms with Crippen LogP contribution in [0.15, 0.2) is 72.9 Å². The highest BCUT2D eigenvalue weighted by Gasteiger charge is 2.46. The van der Waals surface area contributed by atoms with Crippen LogP contribution in [0.1, 0.15) is 66.5 Å². The zero-order chi connectivity index (χ0) is 20.8. The Morgan fingerprint density at radius 3 is 1.21 bits per heavy atom. The van der Waals surface area contributed by atoms with E-state index in [-0.39, 0.29) is 21.7 Å². The predicted octanol–water partition coefficient (Wildman–Crippen LogP) is 7.78. The van der Waals surface area contributed by atoms with Crippen LogP contribution >= 0.6 is 0 Å². The summed E-state index contributed by atoms with van der Waals surface area (Å²) in [7, 11) is 0. The van der Waals surface area contributed by atoms with E-state index in [0.717, 1.165) is 0 Å². The molecule has 0 heteroatoms. The van der Waals surface area contributed by atoms with E-state index >= 15 is 0 Å². The molecule has 0 amide bonds. The quantitative estimate of drug-likeness (QED) is 0.505. The molecule has 28 heavy (non-hydrogen) atoms. The van der Waals surface area contributed by atoms with E-state index in [1.165, 1.54) is 11.1 Å². The fourth-order valence-electron chi connectivity index (χ4n) is 5.16. The molecule has 0 fully saturated rings. The van der Waals surface area contributed by atoms with Crippen molar-refractivity contribution >= 4 is 0 Å². The molecule has 1 aromatic rings. The Morgan fingerprint density at radius 1 is 0.607 bits per heavy atom. The van der Waals surface area contributed by atoms with Crippen molar-refractivity contribution in [3.63, 3.8) is 0 Å². The second-order valence-electron chi connectivity index (χ2n) is 10.5. The molecule has 4 unspecified atom stereocenters. The highest BCUT2D eigenvalue weighted by molar-refractivity contribution is 5.39. The second-order valence-corrected chi connectivity index (χ2v) is 10.5. The predicted molar refractivity (Wildman–Crippen MR) is 124 cm³/mol. The molecule has 0 bridgehead atoms. The lowest BCUT2D eigenvalue weighted by Gasteiger charge is -2.49. The Morgan fingerprint density at radius 2 is 0.929 bits per heavy atom. The molecule has 1 aromatic carbocycles. The smallest absolute Gasteiger partial charge is 0.000826 e. The van der Waals surface area contributed by atoms with Gasteiger partial charge in [0.25, 0.3) is 0 Å². The van der Waals surface area contributed by atoms with Crippen molar-refractivity contribution in [2.75, 3.05) is 0 Å². The Labute approximate surface area is 173 Å². The van der Waals surface area contributed by atoms with E-state index in [4.69, 9.17) is 0 Å². The summed E-state index contributed by atoms with van der Waals surface area (Å²) in [4.78, 5) is 0. The van der Waals surface area contributed by atoms with Gasteiger partial charge in [-0.05, 0) is 33.8 Å². The van der Waals surface area contributed by atoms with Gasteiger partial charge in [0.2, 0.25) is 0 Å². The van der Waals surface area contributed by atoms with Gasteiger partial charge < -0.3 is 0 Å². The third-order valence-electron chi connectivity index (χ3n) is 8.82. The van der Waals surface area contributed by atoms with Gasteiger partial charge in [-0.3, -0.25) is 0 Å². The van der Waals surface area contributed by atoms with Gasteiger partial charge in [0.15, 0.2) is 0 Å². The van der Waals surface area contributed by atoms with E-state index in [1.54, 1.807) is 0 Å². The topological polar surface area (TPSA) is 0 Å². The maximum Gasteiger partial charge on any atom is 0.000826 e. The van der Waals surface area contributed by atoms with Crippen molar-refractivity contribution < 1.29 is 0 Å². The maximum absolute atomic E-state index is 2.40. The molecular weight excluding hydrogens is 336 g/mol. The zero-order valence-corrected chi connectivity index (χ0v) is 19.1. The molecule has 0 saturated heterocycles. The fourth-order valence-corrected chi connectivity index (χ4v) is 5.16. The molecule has 0 radical (unpaired) electrons. The molecule has 0 saturated carbocycles. The molecule has 0 aliphatic heterocycles. The number of hydrogen-bond acceptors (Lipinski definition) is 0. The third kappa shape index (κ3) is 2.97. The van der Waals surface area contributed by atoms with Crippen LogP contribution in [0.25, 0.3) is 0 Å². The largest absolute Gasteiger partial charge is 0.0808 e. The first-order chi connectivity index (χ1) is 13.0. The van der Waals surface area contributed by atoms with Crippen LogP contribution in [-0.4, -0.2) is 0 Å². The second kappa shape index (κ2) is 6.90. The summed E-state index contributed by atoms with van der Waals surface area (Å²) in [5.41, 5.74) is 3.16. The Bertz CT molecular complexity index is 756. The van der Waals surface area contributed by atoms with Gasteiger partial charge in [0.1, 0.15) is 0 Å². The van der Waals surface area contributed by atoms with Crippen molar-refractivity contribution in [1.82, 2.24) is 0 Å². The van der Waals surface area contributed by atoms with Gasteiger partial charge in [-0.15, -0.1) is 0 Å². The van der Waals surface area contributed by atoms with Crippen LogP contribution < -0.4 is 0 Å². The summed E-state index contributed by atoms with van der Waals surface area (Å²) in [6.45, 7) is 19.1. The van der Waals surface area contributed by atoms with E-state index in [1.807, 2.05) is 0 Å². The molecule has 0 nitrogen and oxygen atoms in total. The van der Waals surface area contributed by atoms with Crippen LogP contribution in [0.5, 0.6) is 0 Å². The van der Waals surface area contributed by atoms with Gasteiger partial charge in [0.05, 0.1) is 0 Å². The average Bonchev–Trinajstić information content (AvgIpc) is 2.66. The highest BCUT2D eigenvalue weighted by atomic mass is 14.5. The van der Waals surface area contributed by atoms with Gasteiger partial charge in [0, 0.05) is 10.8 Å². The Kier molecular flexibility index (Phi) is 5.15. The number of hydrogen-bond donors (Lipinski definition) is 0. The lowest BCUT2D eigenvalue weighted by molar-refractivity contribution is 0.176. The van der Waals surface area contributed by atoms with Gasteiger partial charge in [-0.2, -0.15) is 0 Å². The lowest BCUT2D eigenvalue weighted by Crippen LogP contribution is -2.43. The molecule has 3 rings (SSSR count). The SMILES string of the molecule is CC1C=CC=CC1(C)C(C)(C)c1ccc(C(C)(C)C2(C)C=CC=CC2C)cc1. The summed E-state index contributed by atoms with van der Waals surface area (Å²) in [5, 5.41) is 0. The van der Waals surface area contributed by atoms with Gasteiger partial charge >= 0.3 is 0 Å². The van der Waals surface area contributed by atoms with Crippen molar-refractivity contribution in [1.29, 1.82) is 0 Å². The molecule has 0 aromatic heterocycles. The van der Waals surface area contributed by atoms with Crippen molar-refractivity contribution in [3.8, 4) is 0 Å². The minimum atomic E-state index is 0.0566. The zero-order valence-electron chi connectivity index (χ0n) is 19.1. The fraction of sp³-hybridized carbons (Fsp3) is 0.500. The van der Waals surface area contributed by atoms with Crippen molar-refractivity contribution in [2.24, 2.45) is 22.7 Å². The first-order valence-corrected chi connectivity index (χ1v) is 10.8. The molecule has 2 aliphatic carbocycles. The maximum atomic E-state index is 2.40. The number of benzene rings is 1. The summed E-state index contributed by atoms with van der Waals surface area (Å²) in [6, 6.07) is 9.49. The summed E-state index contributed by atoms with van der Waals surface area (Å²) in [5.74, 6) is 1.03. The van der Waals surface area contributed by atoms with Crippen molar-refractivity contribution in [2.45, 2.75) is 66.2 Å². The van der Waals surface area contributed by atoms with Gasteiger partial charge in [-0.1, -0.05) is 128 Å². The van der Waals surface area contributed by atoms with E-state index in [9.17, 15) is 0 Å². The standard InChI is InChI=1S/C28H38/c1-21-13-9-11-19-27(21,7)25(3,4)23-15-17-24(18-16-23)26(5,6)28(8)20-12-10-14-22(28)2/h9-22H,1-8H3. The summed E-state index contributed by atoms with van der Waals surface area (Å²) < 4.78 is 0. The first-order valence-electron chi connectivity index (χ1n) is 10.8. The van der Waals surface area contributed by atoms with E-state index in [2.05, 4.69) is 128 Å². The molecule has 0 heterocycles. The van der Waals surface area contributed by atoms with Crippen LogP contribution in [0, 0.1) is 22.7 Å². The van der Waals surface area contributed by atoms with Crippen LogP contribution in [0.3, 0.4) is 0 Å². The van der Waals surface area contributed by atoms with Crippen LogP contribution in [0.2, 0.25) is 0 Å².